The van der Waals surface area contributed by atoms with E-state index in [4.69, 9.17) is 26.2 Å². The van der Waals surface area contributed by atoms with Crippen molar-refractivity contribution in [3.8, 4) is 5.75 Å². The second-order valence-corrected chi connectivity index (χ2v) is 9.80. The normalized spacial score (nSPS) is 13.6. The van der Waals surface area contributed by atoms with Crippen molar-refractivity contribution in [2.45, 2.75) is 31.7 Å². The summed E-state index contributed by atoms with van der Waals surface area (Å²) in [5.41, 5.74) is 1.38. The minimum absolute atomic E-state index is 0.0201. The Morgan fingerprint density at radius 1 is 1.16 bits per heavy atom. The largest absolute Gasteiger partial charge is 0.495 e. The summed E-state index contributed by atoms with van der Waals surface area (Å²) in [7, 11) is -2.55. The molecule has 0 radical (unpaired) electrons. The number of carboxylic acids is 1. The zero-order valence-electron chi connectivity index (χ0n) is 17.0. The topological polar surface area (TPSA) is 122 Å². The number of para-hydroxylation sites is 1. The molecule has 168 valence electrons. The lowest BCUT2D eigenvalue weighted by atomic mass is 10.1. The summed E-state index contributed by atoms with van der Waals surface area (Å²) in [5, 5.41) is 11.7. The number of carbonyl (C=O) groups excluding carboxylic acids is 1. The van der Waals surface area contributed by atoms with Gasteiger partial charge in [0.05, 0.1) is 12.1 Å². The number of amides is 1. The predicted molar refractivity (Wildman–Crippen MR) is 117 cm³/mol. The zero-order valence-corrected chi connectivity index (χ0v) is 18.6. The van der Waals surface area contributed by atoms with Crippen LogP contribution in [-0.2, 0) is 27.1 Å². The smallest absolute Gasteiger partial charge is 0.408 e. The lowest BCUT2D eigenvalue weighted by molar-refractivity contribution is -0.137. The fourth-order valence-electron chi connectivity index (χ4n) is 2.95. The molecule has 0 spiro atoms. The van der Waals surface area contributed by atoms with E-state index in [1.165, 1.54) is 7.11 Å². The summed E-state index contributed by atoms with van der Waals surface area (Å²) in [5.74, 6) is -2.00. The van der Waals surface area contributed by atoms with Crippen LogP contribution in [0.25, 0.3) is 0 Å². The summed E-state index contributed by atoms with van der Waals surface area (Å²) in [4.78, 5) is 33.8. The molecule has 2 aromatic carbocycles. The van der Waals surface area contributed by atoms with Gasteiger partial charge in [-0.15, -0.1) is 0 Å². The number of methoxy groups -OCH3 is 1. The quantitative estimate of drug-likeness (QED) is 0.420. The standard InChI is InChI=1S/C21H25ClNO7P/c1-29-20-16(8-5-9-17(20)22)12-13-31(27,28)18(10-11-19(24)25)23-21(26)30-14-15-6-3-2-4-7-15/h2-9,18H,10-14H2,1H3,(H,23,26)(H,24,25)(H,27,28). The van der Waals surface area contributed by atoms with Crippen molar-refractivity contribution >= 4 is 31.0 Å². The van der Waals surface area contributed by atoms with Crippen molar-refractivity contribution in [2.24, 2.45) is 0 Å². The molecule has 3 N–H and O–H groups in total. The van der Waals surface area contributed by atoms with Gasteiger partial charge in [-0.1, -0.05) is 54.1 Å². The molecule has 0 saturated carbocycles. The number of alkyl carbamates (subject to hydrolysis) is 1. The van der Waals surface area contributed by atoms with Crippen molar-refractivity contribution in [1.29, 1.82) is 0 Å². The molecule has 8 nitrogen and oxygen atoms in total. The van der Waals surface area contributed by atoms with Crippen molar-refractivity contribution in [1.82, 2.24) is 5.32 Å². The van der Waals surface area contributed by atoms with Gasteiger partial charge in [-0.3, -0.25) is 9.36 Å². The van der Waals surface area contributed by atoms with Crippen LogP contribution in [0.2, 0.25) is 5.02 Å². The molecule has 2 atom stereocenters. The van der Waals surface area contributed by atoms with Gasteiger partial charge in [-0.2, -0.15) is 0 Å². The SMILES string of the molecule is COc1c(Cl)cccc1CCP(=O)(O)C(CCC(=O)O)NC(=O)OCc1ccccc1. The Morgan fingerprint density at radius 2 is 1.87 bits per heavy atom. The summed E-state index contributed by atoms with van der Waals surface area (Å²) in [6.07, 6.45) is -1.53. The van der Waals surface area contributed by atoms with Crippen LogP contribution in [-0.4, -0.2) is 41.1 Å². The Morgan fingerprint density at radius 3 is 2.52 bits per heavy atom. The molecular weight excluding hydrogens is 445 g/mol. The number of aliphatic carboxylic acids is 1. The highest BCUT2D eigenvalue weighted by Gasteiger charge is 2.33. The number of nitrogens with one attached hydrogen (secondary N) is 1. The molecule has 0 aliphatic carbocycles. The number of halogens is 1. The highest BCUT2D eigenvalue weighted by molar-refractivity contribution is 7.58. The molecule has 2 unspecified atom stereocenters. The maximum absolute atomic E-state index is 13.0. The zero-order chi connectivity index (χ0) is 22.9. The molecule has 2 aromatic rings. The van der Waals surface area contributed by atoms with Crippen LogP contribution < -0.4 is 10.1 Å². The molecular formula is C21H25ClNO7P. The third kappa shape index (κ3) is 7.90. The minimum Gasteiger partial charge on any atom is -0.495 e. The van der Waals surface area contributed by atoms with Crippen LogP contribution in [0.4, 0.5) is 4.79 Å². The molecule has 0 aliphatic heterocycles. The van der Waals surface area contributed by atoms with Crippen LogP contribution >= 0.6 is 19.0 Å². The van der Waals surface area contributed by atoms with Gasteiger partial charge in [-0.25, -0.2) is 4.79 Å². The summed E-state index contributed by atoms with van der Waals surface area (Å²) in [6, 6.07) is 14.0. The van der Waals surface area contributed by atoms with Gasteiger partial charge in [0, 0.05) is 12.6 Å². The van der Waals surface area contributed by atoms with E-state index in [1.807, 2.05) is 6.07 Å². The van der Waals surface area contributed by atoms with Crippen LogP contribution in [0.15, 0.2) is 48.5 Å². The van der Waals surface area contributed by atoms with Crippen LogP contribution in [0.5, 0.6) is 5.75 Å². The maximum atomic E-state index is 13.0. The minimum atomic E-state index is -3.99. The van der Waals surface area contributed by atoms with Gasteiger partial charge in [0.1, 0.15) is 18.1 Å². The lowest BCUT2D eigenvalue weighted by Crippen LogP contribution is -2.36. The van der Waals surface area contributed by atoms with Crippen molar-refractivity contribution in [3.05, 3.63) is 64.7 Å². The Labute approximate surface area is 185 Å². The third-order valence-electron chi connectivity index (χ3n) is 4.57. The van der Waals surface area contributed by atoms with Gasteiger partial charge in [0.25, 0.3) is 0 Å². The Bertz CT molecular complexity index is 939. The number of carboxylic acid groups (broad SMARTS) is 1. The summed E-state index contributed by atoms with van der Waals surface area (Å²) in [6.45, 7) is -0.0201. The van der Waals surface area contributed by atoms with Crippen LogP contribution in [0.1, 0.15) is 24.0 Å². The van der Waals surface area contributed by atoms with Crippen molar-refractivity contribution < 1.29 is 33.6 Å². The fourth-order valence-corrected chi connectivity index (χ4v) is 4.94. The monoisotopic (exact) mass is 469 g/mol. The lowest BCUT2D eigenvalue weighted by Gasteiger charge is -2.24. The van der Waals surface area contributed by atoms with Crippen LogP contribution in [0.3, 0.4) is 0 Å². The van der Waals surface area contributed by atoms with E-state index in [1.54, 1.807) is 42.5 Å². The van der Waals surface area contributed by atoms with Crippen molar-refractivity contribution in [3.63, 3.8) is 0 Å². The molecule has 0 fully saturated rings. The average molecular weight is 470 g/mol. The Kier molecular flexibility index (Phi) is 9.37. The molecule has 0 aliphatic rings. The van der Waals surface area contributed by atoms with E-state index < -0.39 is 25.2 Å². The molecule has 2 rings (SSSR count). The molecule has 0 aromatic heterocycles. The maximum Gasteiger partial charge on any atom is 0.408 e. The Balaban J connectivity index is 2.05. The first kappa shape index (κ1) is 24.7. The van der Waals surface area contributed by atoms with Gasteiger partial charge in [0.15, 0.2) is 0 Å². The number of benzene rings is 2. The van der Waals surface area contributed by atoms with Gasteiger partial charge in [0.2, 0.25) is 7.37 Å². The van der Waals surface area contributed by atoms with Crippen molar-refractivity contribution in [2.75, 3.05) is 13.3 Å². The average Bonchev–Trinajstić information content (AvgIpc) is 2.74. The third-order valence-corrected chi connectivity index (χ3v) is 7.09. The first-order valence-corrected chi connectivity index (χ1v) is 11.8. The van der Waals surface area contributed by atoms with E-state index in [2.05, 4.69) is 5.32 Å². The highest BCUT2D eigenvalue weighted by atomic mass is 35.5. The van der Waals surface area contributed by atoms with Crippen LogP contribution in [0, 0.1) is 0 Å². The summed E-state index contributed by atoms with van der Waals surface area (Å²) >= 11 is 6.09. The van der Waals surface area contributed by atoms with E-state index in [0.717, 1.165) is 5.56 Å². The molecule has 0 bridgehead atoms. The number of rotatable bonds is 11. The van der Waals surface area contributed by atoms with E-state index in [-0.39, 0.29) is 32.0 Å². The van der Waals surface area contributed by atoms with Gasteiger partial charge in [-0.05, 0) is 30.0 Å². The molecule has 0 saturated heterocycles. The number of hydrogen-bond donors (Lipinski definition) is 3. The van der Waals surface area contributed by atoms with E-state index in [0.29, 0.717) is 16.3 Å². The number of ether oxygens (including phenoxy) is 2. The fraction of sp³-hybridized carbons (Fsp3) is 0.333. The highest BCUT2D eigenvalue weighted by Crippen LogP contribution is 2.48. The van der Waals surface area contributed by atoms with E-state index >= 15 is 0 Å². The van der Waals surface area contributed by atoms with E-state index in [9.17, 15) is 19.0 Å². The first-order chi connectivity index (χ1) is 14.7. The number of hydrogen-bond acceptors (Lipinski definition) is 5. The molecule has 10 heteroatoms. The van der Waals surface area contributed by atoms with Gasteiger partial charge >= 0.3 is 12.1 Å². The number of carbonyl (C=O) groups is 2. The molecule has 31 heavy (non-hydrogen) atoms. The summed E-state index contributed by atoms with van der Waals surface area (Å²) < 4.78 is 23.4. The van der Waals surface area contributed by atoms with Gasteiger partial charge < -0.3 is 24.8 Å². The first-order valence-electron chi connectivity index (χ1n) is 9.55. The second kappa shape index (κ2) is 11.7. The number of aryl methyl sites for hydroxylation is 1. The predicted octanol–water partition coefficient (Wildman–Crippen LogP) is 4.28. The molecule has 0 heterocycles. The Hall–Kier alpha value is -2.54. The molecule has 1 amide bonds. The second-order valence-electron chi connectivity index (χ2n) is 6.82.